The van der Waals surface area contributed by atoms with E-state index in [1.807, 2.05) is 36.1 Å². The SMILES string of the molecule is CCOC1CCCN(C(=O)C2CC(=O)Nc3ccccc32)C1. The summed E-state index contributed by atoms with van der Waals surface area (Å²) in [6.45, 7) is 4.03. The van der Waals surface area contributed by atoms with Crippen molar-refractivity contribution >= 4 is 17.5 Å². The zero-order chi connectivity index (χ0) is 15.5. The number of nitrogens with one attached hydrogen (secondary N) is 1. The second-order valence-electron chi connectivity index (χ2n) is 5.90. The van der Waals surface area contributed by atoms with E-state index in [4.69, 9.17) is 4.74 Å². The molecule has 1 N–H and O–H groups in total. The van der Waals surface area contributed by atoms with Gasteiger partial charge in [-0.1, -0.05) is 18.2 Å². The lowest BCUT2D eigenvalue weighted by Crippen LogP contribution is -2.46. The van der Waals surface area contributed by atoms with Crippen LogP contribution in [0.5, 0.6) is 0 Å². The monoisotopic (exact) mass is 302 g/mol. The first-order valence-corrected chi connectivity index (χ1v) is 7.98. The number of benzene rings is 1. The number of carbonyl (C=O) groups excluding carboxylic acids is 2. The Morgan fingerprint density at radius 1 is 1.41 bits per heavy atom. The van der Waals surface area contributed by atoms with Crippen molar-refractivity contribution in [2.45, 2.75) is 38.2 Å². The largest absolute Gasteiger partial charge is 0.377 e. The maximum absolute atomic E-state index is 12.9. The molecule has 3 rings (SSSR count). The summed E-state index contributed by atoms with van der Waals surface area (Å²) in [5.74, 6) is -0.410. The summed E-state index contributed by atoms with van der Waals surface area (Å²) < 4.78 is 5.67. The van der Waals surface area contributed by atoms with Crippen LogP contribution in [-0.4, -0.2) is 42.5 Å². The molecule has 2 aliphatic rings. The quantitative estimate of drug-likeness (QED) is 0.930. The van der Waals surface area contributed by atoms with Crippen LogP contribution in [0.25, 0.3) is 0 Å². The number of hydrogen-bond donors (Lipinski definition) is 1. The molecule has 0 aromatic heterocycles. The molecule has 2 amide bonds. The molecule has 1 fully saturated rings. The van der Waals surface area contributed by atoms with Gasteiger partial charge in [-0.05, 0) is 31.4 Å². The van der Waals surface area contributed by atoms with Crippen molar-refractivity contribution in [1.82, 2.24) is 4.90 Å². The third-order valence-corrected chi connectivity index (χ3v) is 4.39. The van der Waals surface area contributed by atoms with Crippen LogP contribution in [0, 0.1) is 0 Å². The molecule has 1 saturated heterocycles. The Kier molecular flexibility index (Phi) is 4.43. The van der Waals surface area contributed by atoms with E-state index in [0.29, 0.717) is 13.2 Å². The van der Waals surface area contributed by atoms with Gasteiger partial charge in [-0.15, -0.1) is 0 Å². The zero-order valence-corrected chi connectivity index (χ0v) is 12.9. The predicted octanol–water partition coefficient (Wildman–Crippen LogP) is 2.14. The van der Waals surface area contributed by atoms with Crippen LogP contribution in [0.2, 0.25) is 0 Å². The highest BCUT2D eigenvalue weighted by Gasteiger charge is 2.35. The molecule has 1 aromatic rings. The van der Waals surface area contributed by atoms with Gasteiger partial charge >= 0.3 is 0 Å². The summed E-state index contributed by atoms with van der Waals surface area (Å²) >= 11 is 0. The smallest absolute Gasteiger partial charge is 0.230 e. The Morgan fingerprint density at radius 3 is 3.05 bits per heavy atom. The van der Waals surface area contributed by atoms with Crippen LogP contribution in [-0.2, 0) is 14.3 Å². The first-order chi connectivity index (χ1) is 10.7. The molecule has 22 heavy (non-hydrogen) atoms. The number of nitrogens with zero attached hydrogens (tertiary/aromatic N) is 1. The van der Waals surface area contributed by atoms with Crippen LogP contribution in [0.15, 0.2) is 24.3 Å². The number of fused-ring (bicyclic) bond motifs is 1. The van der Waals surface area contributed by atoms with Gasteiger partial charge in [-0.2, -0.15) is 0 Å². The Hall–Kier alpha value is -1.88. The summed E-state index contributed by atoms with van der Waals surface area (Å²) in [4.78, 5) is 26.7. The van der Waals surface area contributed by atoms with Crippen LogP contribution in [0.1, 0.15) is 37.7 Å². The highest BCUT2D eigenvalue weighted by Crippen LogP contribution is 2.34. The van der Waals surface area contributed by atoms with Crippen molar-refractivity contribution in [2.75, 3.05) is 25.0 Å². The van der Waals surface area contributed by atoms with Crippen molar-refractivity contribution in [3.8, 4) is 0 Å². The molecule has 0 saturated carbocycles. The van der Waals surface area contributed by atoms with Gasteiger partial charge < -0.3 is 15.0 Å². The van der Waals surface area contributed by atoms with Gasteiger partial charge in [0.15, 0.2) is 0 Å². The number of amides is 2. The minimum absolute atomic E-state index is 0.0479. The van der Waals surface area contributed by atoms with Crippen molar-refractivity contribution in [1.29, 1.82) is 0 Å². The number of ether oxygens (including phenoxy) is 1. The maximum Gasteiger partial charge on any atom is 0.230 e. The third kappa shape index (κ3) is 2.99. The fourth-order valence-corrected chi connectivity index (χ4v) is 3.36. The minimum atomic E-state index is -0.370. The van der Waals surface area contributed by atoms with Gasteiger partial charge in [0, 0.05) is 31.8 Å². The summed E-state index contributed by atoms with van der Waals surface area (Å²) in [5, 5.41) is 2.84. The average molecular weight is 302 g/mol. The number of para-hydroxylation sites is 1. The standard InChI is InChI=1S/C17H22N2O3/c1-2-22-12-6-5-9-19(11-12)17(21)14-10-16(20)18-15-8-4-3-7-13(14)15/h3-4,7-8,12,14H,2,5-6,9-11H2,1H3,(H,18,20). The molecule has 5 nitrogen and oxygen atoms in total. The normalized spacial score (nSPS) is 24.6. The van der Waals surface area contributed by atoms with E-state index >= 15 is 0 Å². The van der Waals surface area contributed by atoms with Crippen molar-refractivity contribution in [3.63, 3.8) is 0 Å². The lowest BCUT2D eigenvalue weighted by atomic mass is 9.88. The van der Waals surface area contributed by atoms with E-state index < -0.39 is 0 Å². The Balaban J connectivity index is 1.78. The third-order valence-electron chi connectivity index (χ3n) is 4.39. The molecule has 2 aliphatic heterocycles. The number of hydrogen-bond acceptors (Lipinski definition) is 3. The molecule has 0 radical (unpaired) electrons. The highest BCUT2D eigenvalue weighted by atomic mass is 16.5. The van der Waals surface area contributed by atoms with E-state index in [0.717, 1.165) is 30.6 Å². The lowest BCUT2D eigenvalue weighted by Gasteiger charge is -2.36. The summed E-state index contributed by atoms with van der Waals surface area (Å²) in [6.07, 6.45) is 2.30. The number of piperidine rings is 1. The Labute approximate surface area is 130 Å². The van der Waals surface area contributed by atoms with E-state index in [9.17, 15) is 9.59 Å². The molecule has 0 bridgehead atoms. The van der Waals surface area contributed by atoms with E-state index in [1.54, 1.807) is 0 Å². The summed E-state index contributed by atoms with van der Waals surface area (Å²) in [6, 6.07) is 7.57. The van der Waals surface area contributed by atoms with E-state index in [-0.39, 0.29) is 30.3 Å². The van der Waals surface area contributed by atoms with Crippen LogP contribution in [0.3, 0.4) is 0 Å². The Morgan fingerprint density at radius 2 is 2.23 bits per heavy atom. The molecule has 118 valence electrons. The summed E-state index contributed by atoms with van der Waals surface area (Å²) in [7, 11) is 0. The number of anilines is 1. The molecule has 2 heterocycles. The van der Waals surface area contributed by atoms with E-state index in [1.165, 1.54) is 0 Å². The van der Waals surface area contributed by atoms with E-state index in [2.05, 4.69) is 5.32 Å². The maximum atomic E-state index is 12.9. The zero-order valence-electron chi connectivity index (χ0n) is 12.9. The van der Waals surface area contributed by atoms with Crippen molar-refractivity contribution in [2.24, 2.45) is 0 Å². The molecule has 5 heteroatoms. The fraction of sp³-hybridized carbons (Fsp3) is 0.529. The molecule has 2 atom stereocenters. The van der Waals surface area contributed by atoms with Gasteiger partial charge in [-0.25, -0.2) is 0 Å². The predicted molar refractivity (Wildman–Crippen MR) is 83.7 cm³/mol. The van der Waals surface area contributed by atoms with Gasteiger partial charge in [-0.3, -0.25) is 9.59 Å². The van der Waals surface area contributed by atoms with Crippen LogP contribution in [0.4, 0.5) is 5.69 Å². The lowest BCUT2D eigenvalue weighted by molar-refractivity contribution is -0.138. The van der Waals surface area contributed by atoms with Crippen molar-refractivity contribution < 1.29 is 14.3 Å². The van der Waals surface area contributed by atoms with Gasteiger partial charge in [0.25, 0.3) is 0 Å². The topological polar surface area (TPSA) is 58.6 Å². The van der Waals surface area contributed by atoms with Crippen LogP contribution < -0.4 is 5.32 Å². The number of carbonyl (C=O) groups is 2. The van der Waals surface area contributed by atoms with Crippen LogP contribution >= 0.6 is 0 Å². The summed E-state index contributed by atoms with van der Waals surface area (Å²) in [5.41, 5.74) is 1.68. The molecular formula is C17H22N2O3. The number of rotatable bonds is 3. The van der Waals surface area contributed by atoms with Gasteiger partial charge in [0.2, 0.25) is 11.8 Å². The van der Waals surface area contributed by atoms with Gasteiger partial charge in [0.1, 0.15) is 0 Å². The molecule has 1 aromatic carbocycles. The van der Waals surface area contributed by atoms with Gasteiger partial charge in [0.05, 0.1) is 12.0 Å². The molecule has 0 spiro atoms. The first-order valence-electron chi connectivity index (χ1n) is 7.98. The minimum Gasteiger partial charge on any atom is -0.377 e. The molecule has 2 unspecified atom stereocenters. The average Bonchev–Trinajstić information content (AvgIpc) is 2.54. The van der Waals surface area contributed by atoms with Crippen molar-refractivity contribution in [3.05, 3.63) is 29.8 Å². The highest BCUT2D eigenvalue weighted by molar-refractivity contribution is 6.01. The second-order valence-corrected chi connectivity index (χ2v) is 5.90. The fourth-order valence-electron chi connectivity index (χ4n) is 3.36. The Bertz CT molecular complexity index is 571. The number of likely N-dealkylation sites (tertiary alicyclic amines) is 1. The molecule has 0 aliphatic carbocycles. The molecular weight excluding hydrogens is 280 g/mol. The first kappa shape index (κ1) is 15.0. The second kappa shape index (κ2) is 6.48.